The molecule has 0 aliphatic heterocycles. The van der Waals surface area contributed by atoms with E-state index in [-0.39, 0.29) is 6.61 Å². The number of ether oxygens (including phenoxy) is 1. The normalized spacial score (nSPS) is 10.7. The van der Waals surface area contributed by atoms with E-state index in [4.69, 9.17) is 21.4 Å². The molecule has 0 unspecified atom stereocenters. The highest BCUT2D eigenvalue weighted by atomic mass is 35.5. The van der Waals surface area contributed by atoms with Crippen LogP contribution in [0.2, 0.25) is 5.02 Å². The minimum Gasteiger partial charge on any atom is -0.437 e. The van der Waals surface area contributed by atoms with Gasteiger partial charge in [-0.3, -0.25) is 0 Å². The van der Waals surface area contributed by atoms with Gasteiger partial charge in [0.15, 0.2) is 0 Å². The zero-order valence-corrected chi connectivity index (χ0v) is 11.3. The maximum Gasteiger partial charge on any atom is 0.220 e. The first-order chi connectivity index (χ1) is 8.52. The van der Waals surface area contributed by atoms with Crippen LogP contribution in [0.1, 0.15) is 16.8 Å². The average Bonchev–Trinajstić information content (AvgIpc) is 2.58. The number of aliphatic hydroxyl groups is 1. The Morgan fingerprint density at radius 3 is 2.67 bits per heavy atom. The SMILES string of the molecule is Cc1nn(C)c(Oc2cc(CO)ccc2Cl)c1C. The number of aryl methyl sites for hydroxylation is 2. The molecule has 2 rings (SSSR count). The Morgan fingerprint density at radius 1 is 1.39 bits per heavy atom. The summed E-state index contributed by atoms with van der Waals surface area (Å²) >= 11 is 6.08. The molecule has 96 valence electrons. The molecule has 0 aliphatic carbocycles. The Balaban J connectivity index is 2.39. The van der Waals surface area contributed by atoms with Crippen LogP contribution >= 0.6 is 11.6 Å². The highest BCUT2D eigenvalue weighted by Gasteiger charge is 2.13. The summed E-state index contributed by atoms with van der Waals surface area (Å²) in [5, 5.41) is 13.9. The van der Waals surface area contributed by atoms with Crippen LogP contribution in [0.4, 0.5) is 0 Å². The largest absolute Gasteiger partial charge is 0.437 e. The van der Waals surface area contributed by atoms with E-state index in [0.717, 1.165) is 16.8 Å². The summed E-state index contributed by atoms with van der Waals surface area (Å²) in [7, 11) is 1.82. The second kappa shape index (κ2) is 5.00. The Morgan fingerprint density at radius 2 is 2.11 bits per heavy atom. The zero-order chi connectivity index (χ0) is 13.3. The van der Waals surface area contributed by atoms with Gasteiger partial charge in [-0.15, -0.1) is 0 Å². The standard InChI is InChI=1S/C13H15ClN2O2/c1-8-9(2)15-16(3)13(8)18-12-6-10(7-17)4-5-11(12)14/h4-6,17H,7H2,1-3H3. The fourth-order valence-electron chi connectivity index (χ4n) is 1.71. The van der Waals surface area contributed by atoms with Gasteiger partial charge in [-0.2, -0.15) is 5.10 Å². The van der Waals surface area contributed by atoms with Gasteiger partial charge in [-0.1, -0.05) is 17.7 Å². The molecular weight excluding hydrogens is 252 g/mol. The lowest BCUT2D eigenvalue weighted by Gasteiger charge is -2.09. The number of aromatic nitrogens is 2. The molecule has 0 saturated heterocycles. The number of nitrogens with zero attached hydrogens (tertiary/aromatic N) is 2. The van der Waals surface area contributed by atoms with Crippen LogP contribution in [0.5, 0.6) is 11.6 Å². The number of rotatable bonds is 3. The Kier molecular flexibility index (Phi) is 3.59. The van der Waals surface area contributed by atoms with Crippen LogP contribution in [0, 0.1) is 13.8 Å². The van der Waals surface area contributed by atoms with E-state index in [2.05, 4.69) is 5.10 Å². The van der Waals surface area contributed by atoms with Crippen molar-refractivity contribution in [3.8, 4) is 11.6 Å². The van der Waals surface area contributed by atoms with Crippen LogP contribution in [-0.4, -0.2) is 14.9 Å². The number of aliphatic hydroxyl groups excluding tert-OH is 1. The third-order valence-electron chi connectivity index (χ3n) is 2.84. The van der Waals surface area contributed by atoms with Crippen LogP contribution in [0.15, 0.2) is 18.2 Å². The van der Waals surface area contributed by atoms with Crippen molar-refractivity contribution in [2.45, 2.75) is 20.5 Å². The molecule has 4 nitrogen and oxygen atoms in total. The fraction of sp³-hybridized carbons (Fsp3) is 0.308. The van der Waals surface area contributed by atoms with Crippen molar-refractivity contribution in [1.29, 1.82) is 0 Å². The Labute approximate surface area is 111 Å². The van der Waals surface area contributed by atoms with Gasteiger partial charge < -0.3 is 9.84 Å². The molecule has 18 heavy (non-hydrogen) atoms. The summed E-state index contributed by atoms with van der Waals surface area (Å²) in [6.45, 7) is 3.83. The van der Waals surface area contributed by atoms with Gasteiger partial charge in [-0.05, 0) is 31.5 Å². The van der Waals surface area contributed by atoms with Gasteiger partial charge >= 0.3 is 0 Å². The summed E-state index contributed by atoms with van der Waals surface area (Å²) < 4.78 is 7.46. The van der Waals surface area contributed by atoms with Gasteiger partial charge in [-0.25, -0.2) is 4.68 Å². The van der Waals surface area contributed by atoms with Crippen molar-refractivity contribution in [1.82, 2.24) is 9.78 Å². The summed E-state index contributed by atoms with van der Waals surface area (Å²) in [4.78, 5) is 0. The molecule has 0 atom stereocenters. The topological polar surface area (TPSA) is 47.3 Å². The molecule has 0 fully saturated rings. The molecule has 0 aliphatic rings. The van der Waals surface area contributed by atoms with Crippen LogP contribution in [0.3, 0.4) is 0 Å². The van der Waals surface area contributed by atoms with Crippen molar-refractivity contribution in [3.05, 3.63) is 40.0 Å². The van der Waals surface area contributed by atoms with E-state index in [1.54, 1.807) is 22.9 Å². The number of hydrogen-bond donors (Lipinski definition) is 1. The zero-order valence-electron chi connectivity index (χ0n) is 10.6. The van der Waals surface area contributed by atoms with E-state index in [0.29, 0.717) is 16.7 Å². The molecular formula is C13H15ClN2O2. The van der Waals surface area contributed by atoms with E-state index in [1.807, 2.05) is 20.9 Å². The van der Waals surface area contributed by atoms with E-state index >= 15 is 0 Å². The van der Waals surface area contributed by atoms with Gasteiger partial charge in [0.25, 0.3) is 0 Å². The highest BCUT2D eigenvalue weighted by molar-refractivity contribution is 6.32. The minimum absolute atomic E-state index is 0.0447. The molecule has 1 N–H and O–H groups in total. The monoisotopic (exact) mass is 266 g/mol. The minimum atomic E-state index is -0.0447. The van der Waals surface area contributed by atoms with Crippen LogP contribution in [-0.2, 0) is 13.7 Å². The van der Waals surface area contributed by atoms with E-state index in [1.165, 1.54) is 0 Å². The van der Waals surface area contributed by atoms with Gasteiger partial charge in [0.05, 0.1) is 17.3 Å². The van der Waals surface area contributed by atoms with Gasteiger partial charge in [0, 0.05) is 12.6 Å². The maximum atomic E-state index is 9.12. The molecule has 0 amide bonds. The number of hydrogen-bond acceptors (Lipinski definition) is 3. The number of benzene rings is 1. The fourth-order valence-corrected chi connectivity index (χ4v) is 1.87. The maximum absolute atomic E-state index is 9.12. The van der Waals surface area contributed by atoms with Crippen LogP contribution < -0.4 is 4.74 Å². The van der Waals surface area contributed by atoms with E-state index < -0.39 is 0 Å². The molecule has 1 heterocycles. The Hall–Kier alpha value is -1.52. The summed E-state index contributed by atoms with van der Waals surface area (Å²) in [6.07, 6.45) is 0. The first kappa shape index (κ1) is 12.9. The molecule has 0 bridgehead atoms. The summed E-state index contributed by atoms with van der Waals surface area (Å²) in [5.74, 6) is 1.18. The van der Waals surface area contributed by atoms with Crippen molar-refractivity contribution < 1.29 is 9.84 Å². The lowest BCUT2D eigenvalue weighted by molar-refractivity contribution is 0.281. The third kappa shape index (κ3) is 2.35. The molecule has 0 radical (unpaired) electrons. The molecule has 1 aromatic heterocycles. The quantitative estimate of drug-likeness (QED) is 0.929. The third-order valence-corrected chi connectivity index (χ3v) is 3.15. The van der Waals surface area contributed by atoms with Gasteiger partial charge in [0.1, 0.15) is 5.75 Å². The first-order valence-corrected chi connectivity index (χ1v) is 5.98. The molecule has 0 spiro atoms. The second-order valence-corrected chi connectivity index (χ2v) is 4.57. The summed E-state index contributed by atoms with van der Waals surface area (Å²) in [5.41, 5.74) is 2.65. The van der Waals surface area contributed by atoms with Gasteiger partial charge in [0.2, 0.25) is 5.88 Å². The summed E-state index contributed by atoms with van der Waals surface area (Å²) in [6, 6.07) is 5.20. The molecule has 1 aromatic carbocycles. The first-order valence-electron chi connectivity index (χ1n) is 5.60. The number of halogens is 1. The molecule has 2 aromatic rings. The van der Waals surface area contributed by atoms with E-state index in [9.17, 15) is 0 Å². The molecule has 0 saturated carbocycles. The highest BCUT2D eigenvalue weighted by Crippen LogP contribution is 2.32. The van der Waals surface area contributed by atoms with Crippen molar-refractivity contribution in [3.63, 3.8) is 0 Å². The van der Waals surface area contributed by atoms with Crippen molar-refractivity contribution >= 4 is 11.6 Å². The van der Waals surface area contributed by atoms with Crippen molar-refractivity contribution in [2.75, 3.05) is 0 Å². The smallest absolute Gasteiger partial charge is 0.220 e. The predicted octanol–water partition coefficient (Wildman–Crippen LogP) is 2.97. The lowest BCUT2D eigenvalue weighted by atomic mass is 10.2. The lowest BCUT2D eigenvalue weighted by Crippen LogP contribution is -1.97. The average molecular weight is 267 g/mol. The van der Waals surface area contributed by atoms with Crippen molar-refractivity contribution in [2.24, 2.45) is 7.05 Å². The Bertz CT molecular complexity index is 579. The predicted molar refractivity (Wildman–Crippen MR) is 70.1 cm³/mol. The second-order valence-electron chi connectivity index (χ2n) is 4.16. The molecule has 5 heteroatoms. The van der Waals surface area contributed by atoms with Crippen LogP contribution in [0.25, 0.3) is 0 Å².